The van der Waals surface area contributed by atoms with E-state index in [4.69, 9.17) is 4.74 Å². The van der Waals surface area contributed by atoms with Gasteiger partial charge < -0.3 is 14.6 Å². The molecule has 3 heterocycles. The highest BCUT2D eigenvalue weighted by Gasteiger charge is 2.51. The molecule has 2 N–H and O–H groups in total. The van der Waals surface area contributed by atoms with E-state index in [1.807, 2.05) is 6.92 Å². The van der Waals surface area contributed by atoms with Gasteiger partial charge in [-0.2, -0.15) is 0 Å². The Labute approximate surface area is 195 Å². The van der Waals surface area contributed by atoms with Crippen LogP contribution in [-0.4, -0.2) is 54.0 Å². The number of nitrogens with one attached hydrogen (secondary N) is 2. The number of carbonyl (C=O) groups is 3. The van der Waals surface area contributed by atoms with Gasteiger partial charge >= 0.3 is 17.7 Å². The van der Waals surface area contributed by atoms with Crippen LogP contribution in [0.5, 0.6) is 0 Å². The zero-order valence-corrected chi connectivity index (χ0v) is 19.5. The lowest BCUT2D eigenvalue weighted by molar-refractivity contribution is -0.145. The molecule has 1 aliphatic heterocycles. The second-order valence-electron chi connectivity index (χ2n) is 8.96. The molecule has 0 aromatic carbocycles. The first-order chi connectivity index (χ1) is 16.3. The number of nitrogens with zero attached hydrogens (tertiary/aromatic N) is 4. The van der Waals surface area contributed by atoms with Crippen molar-refractivity contribution in [2.45, 2.75) is 77.0 Å². The Morgan fingerprint density at radius 1 is 1.12 bits per heavy atom. The van der Waals surface area contributed by atoms with Gasteiger partial charge in [0.05, 0.1) is 6.42 Å². The van der Waals surface area contributed by atoms with Crippen molar-refractivity contribution in [1.29, 1.82) is 0 Å². The minimum absolute atomic E-state index is 0.0655. The molecule has 2 aromatic rings. The van der Waals surface area contributed by atoms with Gasteiger partial charge in [0.2, 0.25) is 0 Å². The van der Waals surface area contributed by atoms with Crippen LogP contribution in [0.15, 0.2) is 9.59 Å². The number of urea groups is 1. The maximum atomic E-state index is 12.8. The fourth-order valence-electron chi connectivity index (χ4n) is 4.74. The Balaban J connectivity index is 1.41. The van der Waals surface area contributed by atoms with Gasteiger partial charge in [0.25, 0.3) is 11.5 Å². The van der Waals surface area contributed by atoms with Crippen LogP contribution in [0.25, 0.3) is 11.2 Å². The van der Waals surface area contributed by atoms with E-state index in [0.29, 0.717) is 25.2 Å². The standard InChI is InChI=1S/C22H30N6O6/c1-3-4-11-27-17-16(18(30)24-20(27)32)26(2)14(23-17)13-34-15(29)8-12-28-19(31)22(25-21(28)33)9-6-5-7-10-22/h3-13H2,1-2H3,(H,25,33)(H,24,30,32). The molecule has 1 aliphatic carbocycles. The number of aryl methyl sites for hydroxylation is 2. The van der Waals surface area contributed by atoms with Crippen molar-refractivity contribution in [3.63, 3.8) is 0 Å². The van der Waals surface area contributed by atoms with Crippen molar-refractivity contribution in [2.24, 2.45) is 7.05 Å². The van der Waals surface area contributed by atoms with Gasteiger partial charge in [-0.25, -0.2) is 14.6 Å². The zero-order valence-electron chi connectivity index (χ0n) is 19.5. The first-order valence-electron chi connectivity index (χ1n) is 11.8. The molecule has 12 heteroatoms. The van der Waals surface area contributed by atoms with Gasteiger partial charge in [0.1, 0.15) is 18.0 Å². The highest BCUT2D eigenvalue weighted by Crippen LogP contribution is 2.33. The molecular weight excluding hydrogens is 444 g/mol. The third-order valence-electron chi connectivity index (χ3n) is 6.70. The number of hydrogen-bond donors (Lipinski definition) is 2. The van der Waals surface area contributed by atoms with E-state index in [1.165, 1.54) is 9.13 Å². The number of esters is 1. The second kappa shape index (κ2) is 9.43. The van der Waals surface area contributed by atoms with E-state index in [2.05, 4.69) is 15.3 Å². The van der Waals surface area contributed by atoms with Crippen LogP contribution in [0, 0.1) is 0 Å². The zero-order chi connectivity index (χ0) is 24.5. The molecule has 4 rings (SSSR count). The summed E-state index contributed by atoms with van der Waals surface area (Å²) in [7, 11) is 1.61. The SMILES string of the molecule is CCCCn1c(=O)[nH]c(=O)c2c1nc(COC(=O)CCN1C(=O)NC3(CCCCC3)C1=O)n2C. The third-order valence-corrected chi connectivity index (χ3v) is 6.70. The van der Waals surface area contributed by atoms with E-state index in [1.54, 1.807) is 7.05 Å². The summed E-state index contributed by atoms with van der Waals surface area (Å²) >= 11 is 0. The van der Waals surface area contributed by atoms with Crippen LogP contribution < -0.4 is 16.6 Å². The number of aromatic amines is 1. The Morgan fingerprint density at radius 3 is 2.56 bits per heavy atom. The molecule has 1 spiro atoms. The second-order valence-corrected chi connectivity index (χ2v) is 8.96. The van der Waals surface area contributed by atoms with Crippen LogP contribution in [0.2, 0.25) is 0 Å². The lowest BCUT2D eigenvalue weighted by Gasteiger charge is -2.30. The lowest BCUT2D eigenvalue weighted by atomic mass is 9.82. The molecule has 1 saturated carbocycles. The number of ether oxygens (including phenoxy) is 1. The van der Waals surface area contributed by atoms with E-state index in [0.717, 1.165) is 37.0 Å². The van der Waals surface area contributed by atoms with E-state index in [9.17, 15) is 24.0 Å². The summed E-state index contributed by atoms with van der Waals surface area (Å²) in [6.07, 6.45) is 5.50. The van der Waals surface area contributed by atoms with Crippen LogP contribution in [-0.2, 0) is 34.5 Å². The Bertz CT molecular complexity index is 1230. The van der Waals surface area contributed by atoms with Gasteiger partial charge in [0, 0.05) is 20.1 Å². The number of unbranched alkanes of at least 4 members (excludes halogenated alkanes) is 1. The van der Waals surface area contributed by atoms with Gasteiger partial charge in [-0.15, -0.1) is 0 Å². The summed E-state index contributed by atoms with van der Waals surface area (Å²) in [5.74, 6) is -0.569. The molecule has 0 unspecified atom stereocenters. The van der Waals surface area contributed by atoms with E-state index in [-0.39, 0.29) is 36.6 Å². The van der Waals surface area contributed by atoms with Gasteiger partial charge in [0.15, 0.2) is 11.2 Å². The van der Waals surface area contributed by atoms with Gasteiger partial charge in [-0.1, -0.05) is 32.6 Å². The van der Waals surface area contributed by atoms with Crippen molar-refractivity contribution in [3.8, 4) is 0 Å². The number of carbonyl (C=O) groups excluding carboxylic acids is 3. The largest absolute Gasteiger partial charge is 0.457 e. The van der Waals surface area contributed by atoms with Crippen molar-refractivity contribution in [1.82, 2.24) is 29.3 Å². The van der Waals surface area contributed by atoms with E-state index >= 15 is 0 Å². The van der Waals surface area contributed by atoms with Crippen LogP contribution in [0.1, 0.15) is 64.1 Å². The average Bonchev–Trinajstić information content (AvgIpc) is 3.25. The topological polar surface area (TPSA) is 148 Å². The number of aromatic nitrogens is 4. The average molecular weight is 475 g/mol. The summed E-state index contributed by atoms with van der Waals surface area (Å²) in [6, 6.07) is -0.473. The summed E-state index contributed by atoms with van der Waals surface area (Å²) in [6.45, 7) is 2.12. The summed E-state index contributed by atoms with van der Waals surface area (Å²) < 4.78 is 8.21. The molecule has 34 heavy (non-hydrogen) atoms. The predicted octanol–water partition coefficient (Wildman–Crippen LogP) is 0.911. The number of imide groups is 1. The number of H-pyrrole nitrogens is 1. The molecule has 12 nitrogen and oxygen atoms in total. The molecule has 184 valence electrons. The Kier molecular flexibility index (Phi) is 6.58. The summed E-state index contributed by atoms with van der Waals surface area (Å²) in [5, 5.41) is 2.81. The fraction of sp³-hybridized carbons (Fsp3) is 0.636. The Morgan fingerprint density at radius 2 is 1.85 bits per heavy atom. The predicted molar refractivity (Wildman–Crippen MR) is 121 cm³/mol. The maximum Gasteiger partial charge on any atom is 0.330 e. The van der Waals surface area contributed by atoms with Crippen LogP contribution >= 0.6 is 0 Å². The molecule has 2 aliphatic rings. The number of fused-ring (bicyclic) bond motifs is 1. The van der Waals surface area contributed by atoms with Crippen molar-refractivity contribution >= 4 is 29.1 Å². The molecule has 2 aromatic heterocycles. The molecule has 0 bridgehead atoms. The van der Waals surface area contributed by atoms with Gasteiger partial charge in [-0.05, 0) is 19.3 Å². The van der Waals surface area contributed by atoms with Crippen LogP contribution in [0.3, 0.4) is 0 Å². The molecule has 1 saturated heterocycles. The molecule has 2 fully saturated rings. The minimum Gasteiger partial charge on any atom is -0.457 e. The van der Waals surface area contributed by atoms with Crippen molar-refractivity contribution in [2.75, 3.05) is 6.54 Å². The normalized spacial score (nSPS) is 17.5. The van der Waals surface area contributed by atoms with Crippen molar-refractivity contribution < 1.29 is 19.1 Å². The fourth-order valence-corrected chi connectivity index (χ4v) is 4.74. The molecular formula is C22H30N6O6. The summed E-state index contributed by atoms with van der Waals surface area (Å²) in [5.41, 5.74) is -1.45. The number of rotatable bonds is 8. The number of hydrogen-bond acceptors (Lipinski definition) is 7. The first-order valence-corrected chi connectivity index (χ1v) is 11.8. The highest BCUT2D eigenvalue weighted by atomic mass is 16.5. The monoisotopic (exact) mass is 474 g/mol. The lowest BCUT2D eigenvalue weighted by Crippen LogP contribution is -2.48. The van der Waals surface area contributed by atoms with E-state index < -0.39 is 28.8 Å². The number of imidazole rings is 1. The summed E-state index contributed by atoms with van der Waals surface area (Å²) in [4.78, 5) is 69.8. The highest BCUT2D eigenvalue weighted by molar-refractivity contribution is 6.07. The van der Waals surface area contributed by atoms with Gasteiger partial charge in [-0.3, -0.25) is 28.8 Å². The van der Waals surface area contributed by atoms with Crippen molar-refractivity contribution in [3.05, 3.63) is 26.7 Å². The molecule has 3 amide bonds. The number of amides is 3. The maximum absolute atomic E-state index is 12.8. The first kappa shape index (κ1) is 23.7. The third kappa shape index (κ3) is 4.24. The minimum atomic E-state index is -0.826. The Hall–Kier alpha value is -3.44. The molecule has 0 radical (unpaired) electrons. The smallest absolute Gasteiger partial charge is 0.330 e. The quantitative estimate of drug-likeness (QED) is 0.427. The molecule has 0 atom stereocenters. The van der Waals surface area contributed by atoms with Crippen LogP contribution in [0.4, 0.5) is 4.79 Å².